The molecule has 0 spiro atoms. The Morgan fingerprint density at radius 2 is 2.04 bits per heavy atom. The van der Waals surface area contributed by atoms with Crippen LogP contribution in [0.25, 0.3) is 0 Å². The Morgan fingerprint density at radius 3 is 2.64 bits per heavy atom. The molecule has 0 bridgehead atoms. The first-order chi connectivity index (χ1) is 11.9. The molecule has 0 aromatic heterocycles. The third kappa shape index (κ3) is 4.03. The number of nitrogens with one attached hydrogen (secondary N) is 2. The minimum absolute atomic E-state index is 0.0808. The zero-order chi connectivity index (χ0) is 18.0. The van der Waals surface area contributed by atoms with Gasteiger partial charge in [0, 0.05) is 12.6 Å². The van der Waals surface area contributed by atoms with Crippen molar-refractivity contribution >= 4 is 11.8 Å². The number of β-lactam (4-membered cyclic amide) rings is 1. The molecule has 136 valence electrons. The van der Waals surface area contributed by atoms with Gasteiger partial charge in [-0.1, -0.05) is 29.8 Å². The number of carbonyl (C=O) groups excluding carboxylic acids is 2. The first-order valence-electron chi connectivity index (χ1n) is 9.22. The molecule has 2 aliphatic heterocycles. The minimum atomic E-state index is -0.238. The third-order valence-corrected chi connectivity index (χ3v) is 5.69. The van der Waals surface area contributed by atoms with Gasteiger partial charge in [0.15, 0.2) is 0 Å². The zero-order valence-corrected chi connectivity index (χ0v) is 15.5. The van der Waals surface area contributed by atoms with Crippen LogP contribution in [0, 0.1) is 18.3 Å². The highest BCUT2D eigenvalue weighted by Gasteiger charge is 2.50. The second kappa shape index (κ2) is 7.16. The van der Waals surface area contributed by atoms with E-state index in [9.17, 15) is 9.59 Å². The lowest BCUT2D eigenvalue weighted by Gasteiger charge is -2.50. The second-order valence-electron chi connectivity index (χ2n) is 8.05. The van der Waals surface area contributed by atoms with Crippen LogP contribution in [0.3, 0.4) is 0 Å². The van der Waals surface area contributed by atoms with Gasteiger partial charge in [-0.25, -0.2) is 0 Å². The van der Waals surface area contributed by atoms with Gasteiger partial charge in [-0.3, -0.25) is 14.5 Å². The van der Waals surface area contributed by atoms with Crippen LogP contribution in [-0.2, 0) is 16.1 Å². The highest BCUT2D eigenvalue weighted by atomic mass is 16.2. The molecule has 2 heterocycles. The summed E-state index contributed by atoms with van der Waals surface area (Å²) in [6, 6.07) is 8.49. The minimum Gasteiger partial charge on any atom is -0.351 e. The lowest BCUT2D eigenvalue weighted by molar-refractivity contribution is -0.146. The van der Waals surface area contributed by atoms with E-state index < -0.39 is 0 Å². The molecule has 2 N–H and O–H groups in total. The van der Waals surface area contributed by atoms with E-state index in [4.69, 9.17) is 0 Å². The first-order valence-corrected chi connectivity index (χ1v) is 9.22. The summed E-state index contributed by atoms with van der Waals surface area (Å²) in [5.74, 6) is 0.770. The lowest BCUT2D eigenvalue weighted by Crippen LogP contribution is -2.68. The van der Waals surface area contributed by atoms with Gasteiger partial charge in [0.05, 0.1) is 12.0 Å². The summed E-state index contributed by atoms with van der Waals surface area (Å²) in [5.41, 5.74) is 2.10. The average Bonchev–Trinajstić information content (AvgIpc) is 2.59. The van der Waals surface area contributed by atoms with Gasteiger partial charge in [-0.2, -0.15) is 0 Å². The van der Waals surface area contributed by atoms with Gasteiger partial charge < -0.3 is 10.6 Å². The molecule has 0 radical (unpaired) electrons. The van der Waals surface area contributed by atoms with Crippen LogP contribution in [0.15, 0.2) is 24.3 Å². The van der Waals surface area contributed by atoms with Crippen molar-refractivity contribution in [2.75, 3.05) is 19.6 Å². The largest absolute Gasteiger partial charge is 0.351 e. The molecule has 3 rings (SSSR count). The van der Waals surface area contributed by atoms with Crippen LogP contribution < -0.4 is 10.6 Å². The molecule has 5 nitrogen and oxygen atoms in total. The number of piperidine rings is 1. The number of benzene rings is 1. The first kappa shape index (κ1) is 17.9. The number of carbonyl (C=O) groups is 2. The fourth-order valence-corrected chi connectivity index (χ4v) is 4.00. The normalized spacial score (nSPS) is 23.6. The van der Waals surface area contributed by atoms with E-state index in [-0.39, 0.29) is 23.3 Å². The van der Waals surface area contributed by atoms with Gasteiger partial charge >= 0.3 is 0 Å². The maximum Gasteiger partial charge on any atom is 0.234 e. The Hall–Kier alpha value is -1.88. The number of amides is 2. The molecular weight excluding hydrogens is 314 g/mol. The molecule has 25 heavy (non-hydrogen) atoms. The van der Waals surface area contributed by atoms with Gasteiger partial charge in [0.25, 0.3) is 0 Å². The second-order valence-corrected chi connectivity index (χ2v) is 8.05. The molecule has 2 amide bonds. The van der Waals surface area contributed by atoms with Crippen LogP contribution in [0.4, 0.5) is 0 Å². The fraction of sp³-hybridized carbons (Fsp3) is 0.600. The average molecular weight is 343 g/mol. The van der Waals surface area contributed by atoms with Crippen LogP contribution in [0.5, 0.6) is 0 Å². The van der Waals surface area contributed by atoms with Crippen molar-refractivity contribution in [3.05, 3.63) is 35.4 Å². The molecule has 0 saturated carbocycles. The smallest absolute Gasteiger partial charge is 0.234 e. The van der Waals surface area contributed by atoms with E-state index >= 15 is 0 Å². The summed E-state index contributed by atoms with van der Waals surface area (Å²) in [6.07, 6.45) is 2.08. The number of rotatable bonds is 5. The zero-order valence-electron chi connectivity index (χ0n) is 15.5. The fourth-order valence-electron chi connectivity index (χ4n) is 4.00. The van der Waals surface area contributed by atoms with Gasteiger partial charge in [0.1, 0.15) is 0 Å². The van der Waals surface area contributed by atoms with Crippen molar-refractivity contribution in [1.82, 2.24) is 15.5 Å². The van der Waals surface area contributed by atoms with Crippen LogP contribution in [0.1, 0.15) is 37.8 Å². The predicted octanol–water partition coefficient (Wildman–Crippen LogP) is 1.85. The van der Waals surface area contributed by atoms with E-state index in [2.05, 4.69) is 34.6 Å². The number of nitrogens with zero attached hydrogens (tertiary/aromatic N) is 1. The Balaban J connectivity index is 1.40. The van der Waals surface area contributed by atoms with Crippen LogP contribution in [0.2, 0.25) is 0 Å². The Kier molecular flexibility index (Phi) is 5.13. The van der Waals surface area contributed by atoms with E-state index in [0.29, 0.717) is 19.0 Å². The monoisotopic (exact) mass is 343 g/mol. The highest BCUT2D eigenvalue weighted by molar-refractivity contribution is 5.89. The Labute approximate surface area is 150 Å². The molecule has 0 aliphatic carbocycles. The molecule has 1 aromatic rings. The maximum absolute atomic E-state index is 12.2. The third-order valence-electron chi connectivity index (χ3n) is 5.69. The molecule has 5 heteroatoms. The summed E-state index contributed by atoms with van der Waals surface area (Å²) >= 11 is 0. The lowest BCUT2D eigenvalue weighted by atomic mass is 9.68. The van der Waals surface area contributed by atoms with Crippen molar-refractivity contribution in [3.8, 4) is 0 Å². The number of likely N-dealkylation sites (tertiary alicyclic amines) is 1. The van der Waals surface area contributed by atoms with Crippen molar-refractivity contribution in [2.24, 2.45) is 11.3 Å². The molecule has 2 saturated heterocycles. The standard InChI is InChI=1S/C20H29N3O2/c1-14-5-4-6-15(11-14)12-21-17(24)13-23-9-7-16(8-10-23)18-20(2,3)19(25)22-18/h4-6,11,16,18H,7-10,12-13H2,1-3H3,(H,21,24)(H,22,25)/t18-/m0/s1. The SMILES string of the molecule is Cc1cccc(CNC(=O)CN2CCC([C@@H]3NC(=O)C3(C)C)CC2)c1. The molecule has 0 unspecified atom stereocenters. The van der Waals surface area contributed by atoms with E-state index in [1.165, 1.54) is 5.56 Å². The summed E-state index contributed by atoms with van der Waals surface area (Å²) < 4.78 is 0. The topological polar surface area (TPSA) is 61.4 Å². The van der Waals surface area contributed by atoms with E-state index in [1.54, 1.807) is 0 Å². The van der Waals surface area contributed by atoms with E-state index in [0.717, 1.165) is 31.5 Å². The van der Waals surface area contributed by atoms with Gasteiger partial charge in [-0.05, 0) is 58.2 Å². The van der Waals surface area contributed by atoms with Crippen molar-refractivity contribution in [3.63, 3.8) is 0 Å². The molecule has 2 aliphatic rings. The Morgan fingerprint density at radius 1 is 1.32 bits per heavy atom. The van der Waals surface area contributed by atoms with Crippen molar-refractivity contribution in [2.45, 2.75) is 46.2 Å². The summed E-state index contributed by atoms with van der Waals surface area (Å²) in [6.45, 7) is 9.00. The quantitative estimate of drug-likeness (QED) is 0.802. The van der Waals surface area contributed by atoms with Gasteiger partial charge in [-0.15, -0.1) is 0 Å². The summed E-state index contributed by atoms with van der Waals surface area (Å²) in [7, 11) is 0. The molecule has 1 aromatic carbocycles. The van der Waals surface area contributed by atoms with Gasteiger partial charge in [0.2, 0.25) is 11.8 Å². The molecule has 1 atom stereocenters. The summed E-state index contributed by atoms with van der Waals surface area (Å²) in [4.78, 5) is 26.1. The Bertz CT molecular complexity index is 648. The maximum atomic E-state index is 12.2. The van der Waals surface area contributed by atoms with Crippen molar-refractivity contribution in [1.29, 1.82) is 0 Å². The predicted molar refractivity (Wildman–Crippen MR) is 97.9 cm³/mol. The number of aryl methyl sites for hydroxylation is 1. The number of hydrogen-bond acceptors (Lipinski definition) is 3. The highest BCUT2D eigenvalue weighted by Crippen LogP contribution is 2.38. The molecular formula is C20H29N3O2. The van der Waals surface area contributed by atoms with E-state index in [1.807, 2.05) is 26.0 Å². The van der Waals surface area contributed by atoms with Crippen LogP contribution in [-0.4, -0.2) is 42.4 Å². The van der Waals surface area contributed by atoms with Crippen LogP contribution >= 0.6 is 0 Å². The molecule has 2 fully saturated rings. The summed E-state index contributed by atoms with van der Waals surface area (Å²) in [5, 5.41) is 6.08. The van der Waals surface area contributed by atoms with Crippen molar-refractivity contribution < 1.29 is 9.59 Å². The number of hydrogen-bond donors (Lipinski definition) is 2.